The van der Waals surface area contributed by atoms with Gasteiger partial charge in [-0.2, -0.15) is 0 Å². The Hall–Kier alpha value is -1.25. The molecule has 1 aliphatic carbocycles. The van der Waals surface area contributed by atoms with Crippen molar-refractivity contribution in [2.75, 3.05) is 20.3 Å². The molecule has 7 heteroatoms. The van der Waals surface area contributed by atoms with Gasteiger partial charge in [0.15, 0.2) is 12.6 Å². The van der Waals surface area contributed by atoms with Crippen LogP contribution >= 0.6 is 0 Å². The summed E-state index contributed by atoms with van der Waals surface area (Å²) in [6.45, 7) is 8.36. The first-order chi connectivity index (χ1) is 20.5. The second kappa shape index (κ2) is 19.2. The number of hydrogen-bond acceptors (Lipinski definition) is 7. The Morgan fingerprint density at radius 1 is 1.00 bits per heavy atom. The van der Waals surface area contributed by atoms with Crippen molar-refractivity contribution < 1.29 is 33.6 Å². The first-order valence-corrected chi connectivity index (χ1v) is 17.1. The SMILES string of the molecule is CCCCC(CC)(CC)[C@@H](/C=C/[C@@H]1[C@@H](CC/C=C\CCC(=O)OC)[C@@H](O)C[C@H]1OC1CCCCO1)OC1CCCCO1. The lowest BCUT2D eigenvalue weighted by Gasteiger charge is -2.41. The van der Waals surface area contributed by atoms with Crippen LogP contribution in [0.1, 0.15) is 124 Å². The molecule has 3 rings (SSSR count). The summed E-state index contributed by atoms with van der Waals surface area (Å²) in [4.78, 5) is 11.4. The molecule has 1 saturated carbocycles. The third kappa shape index (κ3) is 10.7. The fourth-order valence-corrected chi connectivity index (χ4v) is 7.02. The molecule has 2 aliphatic heterocycles. The van der Waals surface area contributed by atoms with Crippen molar-refractivity contribution in [1.29, 1.82) is 0 Å². The molecule has 2 heterocycles. The van der Waals surface area contributed by atoms with E-state index in [-0.39, 0.29) is 48.0 Å². The minimum Gasteiger partial charge on any atom is -0.469 e. The maximum atomic E-state index is 11.4. The number of aliphatic hydroxyl groups is 1. The molecular weight excluding hydrogens is 532 g/mol. The standard InChI is InChI=1S/C35H60O7/c1-5-8-23-35(6-2,7-3)31(42-34-20-14-16-25-40-34)22-21-28-27(17-11-9-10-12-18-32(37)38-4)29(36)26-30(28)41-33-19-13-15-24-39-33/h9-10,21-22,27-31,33-34,36H,5-8,11-20,23-26H2,1-4H3/b10-9-,22-21+/t27-,28-,29+,30-,31-,33?,34?/m1/s1. The smallest absolute Gasteiger partial charge is 0.305 e. The van der Waals surface area contributed by atoms with Crippen LogP contribution in [0.15, 0.2) is 24.3 Å². The van der Waals surface area contributed by atoms with E-state index in [1.165, 1.54) is 20.0 Å². The molecule has 0 spiro atoms. The number of rotatable bonds is 18. The van der Waals surface area contributed by atoms with Crippen molar-refractivity contribution in [2.45, 2.75) is 154 Å². The van der Waals surface area contributed by atoms with Gasteiger partial charge in [-0.15, -0.1) is 0 Å². The molecule has 0 amide bonds. The average Bonchev–Trinajstić information content (AvgIpc) is 3.31. The summed E-state index contributed by atoms with van der Waals surface area (Å²) < 4.78 is 30.1. The third-order valence-corrected chi connectivity index (χ3v) is 9.92. The Kier molecular flexibility index (Phi) is 16.1. The van der Waals surface area contributed by atoms with Crippen molar-refractivity contribution in [2.24, 2.45) is 17.3 Å². The molecule has 242 valence electrons. The minimum atomic E-state index is -0.431. The van der Waals surface area contributed by atoms with Gasteiger partial charge >= 0.3 is 5.97 Å². The summed E-state index contributed by atoms with van der Waals surface area (Å²) in [5, 5.41) is 11.3. The molecule has 0 radical (unpaired) electrons. The zero-order chi connectivity index (χ0) is 30.2. The highest BCUT2D eigenvalue weighted by molar-refractivity contribution is 5.69. The summed E-state index contributed by atoms with van der Waals surface area (Å²) in [6.07, 6.45) is 23.1. The number of aliphatic hydroxyl groups excluding tert-OH is 1. The van der Waals surface area contributed by atoms with Gasteiger partial charge in [0.2, 0.25) is 0 Å². The fraction of sp³-hybridized carbons (Fsp3) is 0.857. The maximum absolute atomic E-state index is 11.4. The quantitative estimate of drug-likeness (QED) is 0.129. The van der Waals surface area contributed by atoms with Gasteiger partial charge in [-0.1, -0.05) is 57.9 Å². The zero-order valence-corrected chi connectivity index (χ0v) is 27.0. The highest BCUT2D eigenvalue weighted by Gasteiger charge is 2.43. The first kappa shape index (κ1) is 35.2. The van der Waals surface area contributed by atoms with E-state index < -0.39 is 6.10 Å². The highest BCUT2D eigenvalue weighted by atomic mass is 16.7. The maximum Gasteiger partial charge on any atom is 0.305 e. The number of methoxy groups -OCH3 is 1. The molecule has 0 bridgehead atoms. The first-order valence-electron chi connectivity index (χ1n) is 17.1. The number of carbonyl (C=O) groups is 1. The van der Waals surface area contributed by atoms with Gasteiger partial charge in [0.25, 0.3) is 0 Å². The number of allylic oxidation sites excluding steroid dienone is 2. The van der Waals surface area contributed by atoms with Gasteiger partial charge in [0.05, 0.1) is 25.4 Å². The largest absolute Gasteiger partial charge is 0.469 e. The zero-order valence-electron chi connectivity index (χ0n) is 27.0. The Bertz CT molecular complexity index is 795. The Labute approximate surface area is 255 Å². The molecule has 0 aromatic carbocycles. The Balaban J connectivity index is 1.80. The summed E-state index contributed by atoms with van der Waals surface area (Å²) in [5.41, 5.74) is 0.0469. The van der Waals surface area contributed by atoms with Crippen molar-refractivity contribution in [1.82, 2.24) is 0 Å². The van der Waals surface area contributed by atoms with Gasteiger partial charge in [0.1, 0.15) is 0 Å². The van der Waals surface area contributed by atoms with Crippen molar-refractivity contribution in [3.8, 4) is 0 Å². The van der Waals surface area contributed by atoms with Gasteiger partial charge < -0.3 is 28.8 Å². The van der Waals surface area contributed by atoms with E-state index in [1.54, 1.807) is 0 Å². The highest BCUT2D eigenvalue weighted by Crippen LogP contribution is 2.43. The topological polar surface area (TPSA) is 83.5 Å². The molecule has 7 atom stereocenters. The van der Waals surface area contributed by atoms with Gasteiger partial charge in [-0.3, -0.25) is 4.79 Å². The van der Waals surface area contributed by atoms with Gasteiger partial charge in [-0.05, 0) is 88.4 Å². The molecule has 0 aromatic heterocycles. The lowest BCUT2D eigenvalue weighted by Crippen LogP contribution is -2.40. The fourth-order valence-electron chi connectivity index (χ4n) is 7.02. The number of hydrogen-bond donors (Lipinski definition) is 1. The lowest BCUT2D eigenvalue weighted by atomic mass is 9.72. The minimum absolute atomic E-state index is 0.0469. The number of carbonyl (C=O) groups excluding carboxylic acids is 1. The number of unbranched alkanes of at least 4 members (excludes halogenated alkanes) is 1. The number of esters is 1. The lowest BCUT2D eigenvalue weighted by molar-refractivity contribution is -0.203. The molecule has 2 unspecified atom stereocenters. The van der Waals surface area contributed by atoms with E-state index in [4.69, 9.17) is 23.7 Å². The molecule has 0 aromatic rings. The molecule has 42 heavy (non-hydrogen) atoms. The molecule has 3 fully saturated rings. The second-order valence-corrected chi connectivity index (χ2v) is 12.6. The van der Waals surface area contributed by atoms with Gasteiger partial charge in [0, 0.05) is 32.0 Å². The van der Waals surface area contributed by atoms with Crippen LogP contribution in [0.5, 0.6) is 0 Å². The van der Waals surface area contributed by atoms with Crippen molar-refractivity contribution >= 4 is 5.97 Å². The van der Waals surface area contributed by atoms with E-state index in [0.717, 1.165) is 83.8 Å². The Morgan fingerprint density at radius 3 is 2.31 bits per heavy atom. The predicted octanol–water partition coefficient (Wildman–Crippen LogP) is 7.65. The van der Waals surface area contributed by atoms with E-state index in [9.17, 15) is 9.90 Å². The third-order valence-electron chi connectivity index (χ3n) is 9.92. The monoisotopic (exact) mass is 592 g/mol. The van der Waals surface area contributed by atoms with Crippen LogP contribution in [0.4, 0.5) is 0 Å². The molecule has 2 saturated heterocycles. The van der Waals surface area contributed by atoms with Crippen LogP contribution in [-0.2, 0) is 28.5 Å². The summed E-state index contributed by atoms with van der Waals surface area (Å²) >= 11 is 0. The van der Waals surface area contributed by atoms with Crippen molar-refractivity contribution in [3.63, 3.8) is 0 Å². The normalized spacial score (nSPS) is 29.8. The summed E-state index contributed by atoms with van der Waals surface area (Å²) in [5.74, 6) is -0.0320. The summed E-state index contributed by atoms with van der Waals surface area (Å²) in [6, 6.07) is 0. The average molecular weight is 593 g/mol. The van der Waals surface area contributed by atoms with Crippen molar-refractivity contribution in [3.05, 3.63) is 24.3 Å². The molecule has 1 N–H and O–H groups in total. The summed E-state index contributed by atoms with van der Waals surface area (Å²) in [7, 11) is 1.42. The van der Waals surface area contributed by atoms with Crippen LogP contribution in [0.2, 0.25) is 0 Å². The van der Waals surface area contributed by atoms with Gasteiger partial charge in [-0.25, -0.2) is 0 Å². The Morgan fingerprint density at radius 2 is 1.69 bits per heavy atom. The molecular formula is C35H60O7. The van der Waals surface area contributed by atoms with E-state index in [1.807, 2.05) is 6.08 Å². The second-order valence-electron chi connectivity index (χ2n) is 12.6. The van der Waals surface area contributed by atoms with Crippen LogP contribution in [0, 0.1) is 17.3 Å². The van der Waals surface area contributed by atoms with Crippen LogP contribution < -0.4 is 0 Å². The van der Waals surface area contributed by atoms with Crippen LogP contribution in [0.25, 0.3) is 0 Å². The molecule has 7 nitrogen and oxygen atoms in total. The molecule has 3 aliphatic rings. The van der Waals surface area contributed by atoms with Crippen LogP contribution in [-0.4, -0.2) is 62.3 Å². The number of ether oxygens (including phenoxy) is 5. The van der Waals surface area contributed by atoms with E-state index >= 15 is 0 Å². The van der Waals surface area contributed by atoms with E-state index in [2.05, 4.69) is 39.0 Å². The predicted molar refractivity (Wildman–Crippen MR) is 166 cm³/mol. The van der Waals surface area contributed by atoms with Crippen LogP contribution in [0.3, 0.4) is 0 Å². The van der Waals surface area contributed by atoms with E-state index in [0.29, 0.717) is 19.3 Å².